The summed E-state index contributed by atoms with van der Waals surface area (Å²) in [6, 6.07) is 5.70. The number of likely N-dealkylation sites (tertiary alicyclic amines) is 1. The fourth-order valence-corrected chi connectivity index (χ4v) is 8.05. The maximum Gasteiger partial charge on any atom is 0.407 e. The van der Waals surface area contributed by atoms with Crippen molar-refractivity contribution in [1.82, 2.24) is 14.8 Å². The lowest BCUT2D eigenvalue weighted by Gasteiger charge is -2.37. The zero-order valence-corrected chi connectivity index (χ0v) is 27.5. The maximum absolute atomic E-state index is 14.1. The second-order valence-electron chi connectivity index (χ2n) is 14.5. The Bertz CT molecular complexity index is 1440. The summed E-state index contributed by atoms with van der Waals surface area (Å²) in [6.45, 7) is 5.11. The van der Waals surface area contributed by atoms with Gasteiger partial charge in [-0.25, -0.2) is 14.0 Å². The van der Waals surface area contributed by atoms with Gasteiger partial charge in [0, 0.05) is 36.1 Å². The number of carbonyl (C=O) groups is 4. The second kappa shape index (κ2) is 14.0. The molecule has 0 radical (unpaired) electrons. The van der Waals surface area contributed by atoms with Gasteiger partial charge in [-0.05, 0) is 94.9 Å². The van der Waals surface area contributed by atoms with Gasteiger partial charge in [0.25, 0.3) is 0 Å². The minimum absolute atomic E-state index is 0.0154. The van der Waals surface area contributed by atoms with Crippen LogP contribution in [0, 0.1) is 23.7 Å². The van der Waals surface area contributed by atoms with E-state index >= 15 is 0 Å². The van der Waals surface area contributed by atoms with E-state index in [0.717, 1.165) is 37.6 Å². The molecule has 2 aromatic rings. The number of carboxylic acid groups (broad SMARTS) is 1. The number of aryl methyl sites for hydroxylation is 1. The van der Waals surface area contributed by atoms with Crippen molar-refractivity contribution in [2.24, 2.45) is 30.7 Å². The smallest absolute Gasteiger partial charge is 0.407 e. The van der Waals surface area contributed by atoms with E-state index in [1.54, 1.807) is 61.6 Å². The van der Waals surface area contributed by atoms with Crippen LogP contribution in [0.2, 0.25) is 0 Å². The predicted octanol–water partition coefficient (Wildman–Crippen LogP) is 6.28. The number of carbonyl (C=O) groups excluding carboxylic acids is 3. The fraction of sp³-hybridized carbons (Fsp3) is 0.657. The molecule has 3 aliphatic rings. The van der Waals surface area contributed by atoms with Gasteiger partial charge in [-0.3, -0.25) is 9.59 Å². The first-order valence-corrected chi connectivity index (χ1v) is 16.9. The van der Waals surface area contributed by atoms with E-state index in [0.29, 0.717) is 49.2 Å². The van der Waals surface area contributed by atoms with Gasteiger partial charge in [0.05, 0.1) is 6.04 Å². The summed E-state index contributed by atoms with van der Waals surface area (Å²) in [5, 5.41) is 16.0. The molecule has 3 fully saturated rings. The number of hydrogen-bond acceptors (Lipinski definition) is 5. The van der Waals surface area contributed by atoms with E-state index in [9.17, 15) is 28.7 Å². The molecular weight excluding hydrogens is 591 g/mol. The summed E-state index contributed by atoms with van der Waals surface area (Å²) in [7, 11) is 1.70. The van der Waals surface area contributed by atoms with Gasteiger partial charge in [-0.15, -0.1) is 0 Å². The first kappa shape index (κ1) is 33.7. The molecule has 1 saturated heterocycles. The molecule has 46 heavy (non-hydrogen) atoms. The predicted molar refractivity (Wildman–Crippen MR) is 173 cm³/mol. The summed E-state index contributed by atoms with van der Waals surface area (Å²) < 4.78 is 20.9. The monoisotopic (exact) mass is 640 g/mol. The number of amides is 3. The molecule has 1 aromatic carbocycles. The SMILES string of the molecule is Cn1c(C(=O)O)cc2cc(NC(=O)[C@@H]3[C@H](C4CCCCC4)CCN3C(=O)[C@H]3CC[C@H]([C@@H](CF)NC(=O)OC(C)(C)C)CC3)ccc21. The first-order valence-electron chi connectivity index (χ1n) is 16.9. The number of ether oxygens (including phenoxy) is 1. The van der Waals surface area contributed by atoms with Gasteiger partial charge in [0.1, 0.15) is 24.0 Å². The van der Waals surface area contributed by atoms with Crippen LogP contribution in [0.1, 0.15) is 95.5 Å². The minimum atomic E-state index is -1.02. The number of nitrogens with zero attached hydrogens (tertiary/aromatic N) is 2. The molecule has 2 aliphatic carbocycles. The van der Waals surface area contributed by atoms with Crippen molar-refractivity contribution in [3.63, 3.8) is 0 Å². The van der Waals surface area contributed by atoms with Crippen LogP contribution in [0.3, 0.4) is 0 Å². The van der Waals surface area contributed by atoms with E-state index in [4.69, 9.17) is 4.74 Å². The van der Waals surface area contributed by atoms with Crippen LogP contribution in [-0.2, 0) is 21.4 Å². The zero-order chi connectivity index (χ0) is 33.2. The molecule has 1 aromatic heterocycles. The number of aromatic carboxylic acids is 1. The van der Waals surface area contributed by atoms with Crippen molar-refractivity contribution in [1.29, 1.82) is 0 Å². The minimum Gasteiger partial charge on any atom is -0.477 e. The van der Waals surface area contributed by atoms with Gasteiger partial charge in [0.2, 0.25) is 11.8 Å². The third-order valence-corrected chi connectivity index (χ3v) is 10.3. The van der Waals surface area contributed by atoms with E-state index in [1.165, 1.54) is 6.42 Å². The highest BCUT2D eigenvalue weighted by atomic mass is 19.1. The number of nitrogens with one attached hydrogen (secondary N) is 2. The molecule has 3 amide bonds. The van der Waals surface area contributed by atoms with E-state index in [2.05, 4.69) is 10.6 Å². The molecule has 1 aliphatic heterocycles. The standard InChI is InChI=1S/C35H49FN4O6/c1-35(2,3)46-34(45)38-27(20-36)22-10-12-23(13-11-22)32(42)40-17-16-26(21-8-6-5-7-9-21)30(40)31(41)37-25-14-15-28-24(18-25)19-29(33(43)44)39(28)4/h14-15,18-19,21-23,26-27,30H,5-13,16-17,20H2,1-4H3,(H,37,41)(H,38,45)(H,43,44)/t22-,23-,26-,27+,30-/m0/s1. The number of benzene rings is 1. The van der Waals surface area contributed by atoms with Gasteiger partial charge in [-0.1, -0.05) is 32.1 Å². The van der Waals surface area contributed by atoms with Crippen LogP contribution < -0.4 is 10.6 Å². The van der Waals surface area contributed by atoms with E-state index < -0.39 is 36.4 Å². The highest BCUT2D eigenvalue weighted by molar-refractivity contribution is 6.01. The normalized spacial score (nSPS) is 24.8. The number of rotatable bonds is 8. The topological polar surface area (TPSA) is 130 Å². The van der Waals surface area contributed by atoms with Crippen molar-refractivity contribution in [3.8, 4) is 0 Å². The van der Waals surface area contributed by atoms with Crippen molar-refractivity contribution in [2.45, 2.75) is 103 Å². The number of alkyl halides is 1. The third kappa shape index (κ3) is 7.50. The van der Waals surface area contributed by atoms with Crippen molar-refractivity contribution >= 4 is 40.5 Å². The Hall–Kier alpha value is -3.63. The third-order valence-electron chi connectivity index (χ3n) is 10.3. The van der Waals surface area contributed by atoms with Crippen molar-refractivity contribution < 1.29 is 33.4 Å². The second-order valence-corrected chi connectivity index (χ2v) is 14.5. The number of carboxylic acids is 1. The average Bonchev–Trinajstić information content (AvgIpc) is 3.61. The number of fused-ring (bicyclic) bond motifs is 1. The highest BCUT2D eigenvalue weighted by Crippen LogP contribution is 2.41. The highest BCUT2D eigenvalue weighted by Gasteiger charge is 2.47. The fourth-order valence-electron chi connectivity index (χ4n) is 8.05. The molecule has 5 rings (SSSR count). The lowest BCUT2D eigenvalue weighted by Crippen LogP contribution is -2.50. The van der Waals surface area contributed by atoms with E-state index in [-0.39, 0.29) is 35.3 Å². The number of hydrogen-bond donors (Lipinski definition) is 3. The average molecular weight is 641 g/mol. The van der Waals surface area contributed by atoms with Crippen LogP contribution in [0.4, 0.5) is 14.9 Å². The molecule has 2 saturated carbocycles. The summed E-state index contributed by atoms with van der Waals surface area (Å²) >= 11 is 0. The Morgan fingerprint density at radius 2 is 1.70 bits per heavy atom. The number of anilines is 1. The quantitative estimate of drug-likeness (QED) is 0.311. The van der Waals surface area contributed by atoms with Crippen molar-refractivity contribution in [3.05, 3.63) is 30.0 Å². The summed E-state index contributed by atoms with van der Waals surface area (Å²) in [5.74, 6) is -1.13. The Morgan fingerprint density at radius 3 is 2.33 bits per heavy atom. The molecule has 11 heteroatoms. The lowest BCUT2D eigenvalue weighted by molar-refractivity contribution is -0.142. The molecular formula is C35H49FN4O6. The van der Waals surface area contributed by atoms with E-state index in [1.807, 2.05) is 0 Å². The summed E-state index contributed by atoms with van der Waals surface area (Å²) in [5.41, 5.74) is 0.801. The Morgan fingerprint density at radius 1 is 1.00 bits per heavy atom. The van der Waals surface area contributed by atoms with Crippen LogP contribution in [0.25, 0.3) is 10.9 Å². The van der Waals surface area contributed by atoms with Gasteiger partial charge >= 0.3 is 12.1 Å². The van der Waals surface area contributed by atoms with Gasteiger partial charge in [-0.2, -0.15) is 0 Å². The zero-order valence-electron chi connectivity index (χ0n) is 27.5. The molecule has 3 atom stereocenters. The number of aromatic nitrogens is 1. The molecule has 0 spiro atoms. The van der Waals surface area contributed by atoms with Crippen LogP contribution >= 0.6 is 0 Å². The Kier molecular flexibility index (Phi) is 10.3. The number of alkyl carbamates (subject to hydrolysis) is 1. The first-order chi connectivity index (χ1) is 21.9. The Balaban J connectivity index is 1.28. The molecule has 0 unspecified atom stereocenters. The van der Waals surface area contributed by atoms with Crippen LogP contribution in [0.5, 0.6) is 0 Å². The molecule has 252 valence electrons. The molecule has 10 nitrogen and oxygen atoms in total. The van der Waals surface area contributed by atoms with Gasteiger partial charge < -0.3 is 29.9 Å². The molecule has 2 heterocycles. The molecule has 3 N–H and O–H groups in total. The molecule has 0 bridgehead atoms. The van der Waals surface area contributed by atoms with Gasteiger partial charge in [0.15, 0.2) is 0 Å². The summed E-state index contributed by atoms with van der Waals surface area (Å²) in [4.78, 5) is 53.9. The van der Waals surface area contributed by atoms with Crippen LogP contribution in [-0.4, -0.2) is 69.4 Å². The Labute approximate surface area is 270 Å². The maximum atomic E-state index is 14.1. The summed E-state index contributed by atoms with van der Waals surface area (Å²) in [6.07, 6.45) is 8.10. The lowest BCUT2D eigenvalue weighted by atomic mass is 9.76. The van der Waals surface area contributed by atoms with Crippen molar-refractivity contribution in [2.75, 3.05) is 18.5 Å². The largest absolute Gasteiger partial charge is 0.477 e. The van der Waals surface area contributed by atoms with Crippen LogP contribution in [0.15, 0.2) is 24.3 Å². The number of halogens is 1.